The van der Waals surface area contributed by atoms with Crippen LogP contribution in [0.25, 0.3) is 0 Å². The van der Waals surface area contributed by atoms with Crippen molar-refractivity contribution in [2.75, 3.05) is 7.11 Å². The summed E-state index contributed by atoms with van der Waals surface area (Å²) in [6.07, 6.45) is 2.04. The van der Waals surface area contributed by atoms with Gasteiger partial charge in [-0.15, -0.1) is 0 Å². The van der Waals surface area contributed by atoms with Crippen LogP contribution in [0.1, 0.15) is 13.8 Å². The third kappa shape index (κ3) is 3.05. The zero-order valence-corrected chi connectivity index (χ0v) is 5.81. The van der Waals surface area contributed by atoms with Gasteiger partial charge < -0.3 is 4.81 Å². The van der Waals surface area contributed by atoms with Gasteiger partial charge in [-0.1, -0.05) is 13.8 Å². The van der Waals surface area contributed by atoms with Crippen molar-refractivity contribution >= 4 is 6.92 Å². The molecule has 8 heavy (non-hydrogen) atoms. The van der Waals surface area contributed by atoms with Gasteiger partial charge >= 0.3 is 6.92 Å². The zero-order chi connectivity index (χ0) is 6.41. The van der Waals surface area contributed by atoms with E-state index in [0.29, 0.717) is 0 Å². The van der Waals surface area contributed by atoms with E-state index in [4.69, 9.17) is 4.81 Å². The second-order valence-electron chi connectivity index (χ2n) is 1.70. The van der Waals surface area contributed by atoms with E-state index in [2.05, 4.69) is 18.7 Å². The Morgan fingerprint density at radius 2 is 1.75 bits per heavy atom. The molecular formula is C5H13BO2. The van der Waals surface area contributed by atoms with Gasteiger partial charge in [0.1, 0.15) is 0 Å². The van der Waals surface area contributed by atoms with Crippen LogP contribution in [0.4, 0.5) is 0 Å². The van der Waals surface area contributed by atoms with Crippen molar-refractivity contribution < 1.29 is 9.69 Å². The molecule has 2 nitrogen and oxygen atoms in total. The lowest BCUT2D eigenvalue weighted by Gasteiger charge is -2.04. The number of rotatable bonds is 4. The van der Waals surface area contributed by atoms with Crippen LogP contribution in [0.15, 0.2) is 0 Å². The van der Waals surface area contributed by atoms with Crippen LogP contribution in [-0.2, 0) is 9.69 Å². The molecule has 3 heteroatoms. The highest BCUT2D eigenvalue weighted by Gasteiger charge is 2.09. The standard InChI is InChI=1S/C5H13BO2/c1-4-6(5-2)8-7-3/h4-5H2,1-3H3. The minimum Gasteiger partial charge on any atom is -0.305 e. The Morgan fingerprint density at radius 1 is 1.25 bits per heavy atom. The van der Waals surface area contributed by atoms with Gasteiger partial charge in [-0.3, -0.25) is 4.89 Å². The van der Waals surface area contributed by atoms with Crippen molar-refractivity contribution in [2.24, 2.45) is 0 Å². The van der Waals surface area contributed by atoms with Gasteiger partial charge in [0.2, 0.25) is 0 Å². The molecular weight excluding hydrogens is 103 g/mol. The maximum Gasteiger partial charge on any atom is 0.339 e. The molecule has 0 saturated heterocycles. The summed E-state index contributed by atoms with van der Waals surface area (Å²) in [7, 11) is 1.54. The van der Waals surface area contributed by atoms with E-state index in [1.807, 2.05) is 0 Å². The van der Waals surface area contributed by atoms with Crippen LogP contribution >= 0.6 is 0 Å². The number of hydrogen-bond donors (Lipinski definition) is 0. The fourth-order valence-electron chi connectivity index (χ4n) is 0.561. The fraction of sp³-hybridized carbons (Fsp3) is 1.00. The number of hydrogen-bond acceptors (Lipinski definition) is 2. The maximum atomic E-state index is 4.84. The summed E-state index contributed by atoms with van der Waals surface area (Å²) in [5.41, 5.74) is 0. The summed E-state index contributed by atoms with van der Waals surface area (Å²) in [6.45, 7) is 4.43. The molecule has 0 N–H and O–H groups in total. The van der Waals surface area contributed by atoms with Crippen LogP contribution in [0.2, 0.25) is 12.6 Å². The van der Waals surface area contributed by atoms with Crippen LogP contribution in [0.3, 0.4) is 0 Å². The lowest BCUT2D eigenvalue weighted by atomic mass is 9.63. The lowest BCUT2D eigenvalue weighted by Crippen LogP contribution is -2.13. The highest BCUT2D eigenvalue weighted by molar-refractivity contribution is 6.51. The molecule has 0 aliphatic carbocycles. The SMILES string of the molecule is CCB(CC)OOC. The molecule has 0 aliphatic heterocycles. The normalized spacial score (nSPS) is 9.38. The molecule has 0 aliphatic rings. The predicted octanol–water partition coefficient (Wildman–Crippen LogP) is 1.60. The zero-order valence-electron chi connectivity index (χ0n) is 5.81. The topological polar surface area (TPSA) is 18.5 Å². The Morgan fingerprint density at radius 3 is 1.88 bits per heavy atom. The van der Waals surface area contributed by atoms with E-state index in [9.17, 15) is 0 Å². The Labute approximate surface area is 51.2 Å². The van der Waals surface area contributed by atoms with Gasteiger partial charge in [0.05, 0.1) is 7.11 Å². The minimum atomic E-state index is 0.278. The van der Waals surface area contributed by atoms with Crippen molar-refractivity contribution in [3.8, 4) is 0 Å². The van der Waals surface area contributed by atoms with Crippen molar-refractivity contribution in [3.63, 3.8) is 0 Å². The Balaban J connectivity index is 3.07. The molecule has 48 valence electrons. The van der Waals surface area contributed by atoms with Crippen LogP contribution < -0.4 is 0 Å². The second kappa shape index (κ2) is 5.13. The van der Waals surface area contributed by atoms with Crippen LogP contribution in [0.5, 0.6) is 0 Å². The molecule has 0 aromatic rings. The molecule has 0 fully saturated rings. The van der Waals surface area contributed by atoms with Crippen molar-refractivity contribution in [1.82, 2.24) is 0 Å². The third-order valence-corrected chi connectivity index (χ3v) is 1.14. The fourth-order valence-corrected chi connectivity index (χ4v) is 0.561. The molecule has 0 amide bonds. The Hall–Kier alpha value is -0.0151. The first-order valence-electron chi connectivity index (χ1n) is 3.04. The van der Waals surface area contributed by atoms with E-state index in [1.165, 1.54) is 0 Å². The van der Waals surface area contributed by atoms with E-state index in [1.54, 1.807) is 7.11 Å². The van der Waals surface area contributed by atoms with E-state index in [-0.39, 0.29) is 6.92 Å². The first kappa shape index (κ1) is 7.98. The van der Waals surface area contributed by atoms with Crippen LogP contribution in [-0.4, -0.2) is 14.0 Å². The highest BCUT2D eigenvalue weighted by Crippen LogP contribution is 1.98. The molecule has 0 atom stereocenters. The van der Waals surface area contributed by atoms with E-state index in [0.717, 1.165) is 12.6 Å². The minimum absolute atomic E-state index is 0.278. The molecule has 0 heterocycles. The molecule has 0 aromatic carbocycles. The van der Waals surface area contributed by atoms with Gasteiger partial charge in [0.15, 0.2) is 0 Å². The van der Waals surface area contributed by atoms with Gasteiger partial charge in [0, 0.05) is 0 Å². The Kier molecular flexibility index (Phi) is 5.12. The summed E-state index contributed by atoms with van der Waals surface area (Å²) in [5, 5.41) is 0. The smallest absolute Gasteiger partial charge is 0.305 e. The molecule has 0 saturated carbocycles. The summed E-state index contributed by atoms with van der Waals surface area (Å²) >= 11 is 0. The van der Waals surface area contributed by atoms with Gasteiger partial charge in [-0.05, 0) is 12.6 Å². The lowest BCUT2D eigenvalue weighted by molar-refractivity contribution is -0.185. The maximum absolute atomic E-state index is 4.84. The largest absolute Gasteiger partial charge is 0.339 e. The molecule has 0 spiro atoms. The quantitative estimate of drug-likeness (QED) is 0.315. The second-order valence-corrected chi connectivity index (χ2v) is 1.70. The molecule has 0 aromatic heterocycles. The third-order valence-electron chi connectivity index (χ3n) is 1.14. The first-order chi connectivity index (χ1) is 3.85. The van der Waals surface area contributed by atoms with E-state index < -0.39 is 0 Å². The van der Waals surface area contributed by atoms with Crippen LogP contribution in [0, 0.1) is 0 Å². The van der Waals surface area contributed by atoms with Gasteiger partial charge in [-0.25, -0.2) is 0 Å². The van der Waals surface area contributed by atoms with E-state index >= 15 is 0 Å². The molecule has 0 unspecified atom stereocenters. The predicted molar refractivity (Wildman–Crippen MR) is 34.8 cm³/mol. The summed E-state index contributed by atoms with van der Waals surface area (Å²) in [6, 6.07) is 0. The molecule has 0 bridgehead atoms. The van der Waals surface area contributed by atoms with Gasteiger partial charge in [0.25, 0.3) is 0 Å². The van der Waals surface area contributed by atoms with Crippen molar-refractivity contribution in [1.29, 1.82) is 0 Å². The van der Waals surface area contributed by atoms with Crippen molar-refractivity contribution in [2.45, 2.75) is 26.5 Å². The average Bonchev–Trinajstić information content (AvgIpc) is 1.83. The Bertz CT molecular complexity index is 45.7. The van der Waals surface area contributed by atoms with Crippen molar-refractivity contribution in [3.05, 3.63) is 0 Å². The monoisotopic (exact) mass is 116 g/mol. The molecule has 0 radical (unpaired) electrons. The highest BCUT2D eigenvalue weighted by atomic mass is 17.2. The summed E-state index contributed by atoms with van der Waals surface area (Å²) in [4.78, 5) is 9.33. The summed E-state index contributed by atoms with van der Waals surface area (Å²) in [5.74, 6) is 0. The first-order valence-corrected chi connectivity index (χ1v) is 3.04. The summed E-state index contributed by atoms with van der Waals surface area (Å²) < 4.78 is 0. The average molecular weight is 116 g/mol. The van der Waals surface area contributed by atoms with Gasteiger partial charge in [-0.2, -0.15) is 0 Å². The molecule has 0 rings (SSSR count).